The molecule has 7 nitrogen and oxygen atoms in total. The molecule has 186 valence electrons. The molecule has 2 N–H and O–H groups in total. The summed E-state index contributed by atoms with van der Waals surface area (Å²) in [5.74, 6) is 1.80. The lowest BCUT2D eigenvalue weighted by Crippen LogP contribution is -2.43. The predicted molar refractivity (Wildman–Crippen MR) is 150 cm³/mol. The molecule has 1 aliphatic rings. The Morgan fingerprint density at radius 1 is 1.00 bits per heavy atom. The smallest absolute Gasteiger partial charge is 0.229 e. The zero-order chi connectivity index (χ0) is 25.5. The zero-order valence-electron chi connectivity index (χ0n) is 21.0. The second-order valence-electron chi connectivity index (χ2n) is 9.22. The van der Waals surface area contributed by atoms with Gasteiger partial charge < -0.3 is 10.2 Å². The summed E-state index contributed by atoms with van der Waals surface area (Å²) in [6.07, 6.45) is 3.22. The second kappa shape index (κ2) is 11.9. The molecule has 0 saturated carbocycles. The van der Waals surface area contributed by atoms with Crippen molar-refractivity contribution in [2.75, 3.05) is 23.7 Å². The second-order valence-corrected chi connectivity index (χ2v) is 9.61. The average molecular weight is 501 g/mol. The van der Waals surface area contributed by atoms with E-state index in [-0.39, 0.29) is 5.78 Å². The highest BCUT2D eigenvalue weighted by molar-refractivity contribution is 7.80. The molecule has 0 aliphatic carbocycles. The van der Waals surface area contributed by atoms with Gasteiger partial charge in [0.25, 0.3) is 0 Å². The largest absolute Gasteiger partial charge is 0.342 e. The van der Waals surface area contributed by atoms with Crippen LogP contribution < -0.4 is 10.6 Å². The third-order valence-corrected chi connectivity index (χ3v) is 6.43. The topological polar surface area (TPSA) is 82.5 Å². The number of ketones is 1. The van der Waals surface area contributed by atoms with Gasteiger partial charge in [0.1, 0.15) is 0 Å². The first-order chi connectivity index (χ1) is 17.4. The van der Waals surface area contributed by atoms with E-state index in [1.54, 1.807) is 19.1 Å². The van der Waals surface area contributed by atoms with Crippen molar-refractivity contribution in [2.24, 2.45) is 10.9 Å². The standard InChI is InChI=1S/C28H32N6OS/c1-19-17-20(2)30-26(29-19)32-27(33-28(36)31-25-11-9-24(10-12-25)21(3)35)34-15-13-23(14-16-34)18-22-7-5-4-6-8-22/h4-12,17,23H,13-16,18H2,1-3H3,(H2,29,30,31,32,33,36). The molecule has 4 rings (SSSR count). The first kappa shape index (κ1) is 25.4. The Hall–Kier alpha value is -3.65. The van der Waals surface area contributed by atoms with E-state index in [2.05, 4.69) is 55.8 Å². The number of aliphatic imine (C=N–C) groups is 1. The van der Waals surface area contributed by atoms with Crippen LogP contribution in [0.5, 0.6) is 0 Å². The number of carbonyl (C=O) groups is 1. The fraction of sp³-hybridized carbons (Fsp3) is 0.321. The van der Waals surface area contributed by atoms with Crippen LogP contribution >= 0.6 is 12.2 Å². The predicted octanol–water partition coefficient (Wildman–Crippen LogP) is 5.42. The minimum absolute atomic E-state index is 0.0257. The molecule has 0 atom stereocenters. The third-order valence-electron chi connectivity index (χ3n) is 6.24. The summed E-state index contributed by atoms with van der Waals surface area (Å²) >= 11 is 5.57. The lowest BCUT2D eigenvalue weighted by molar-refractivity contribution is 0.101. The van der Waals surface area contributed by atoms with E-state index in [0.29, 0.717) is 28.5 Å². The van der Waals surface area contributed by atoms with Gasteiger partial charge in [-0.25, -0.2) is 9.97 Å². The van der Waals surface area contributed by atoms with Gasteiger partial charge in [-0.15, -0.1) is 0 Å². The van der Waals surface area contributed by atoms with Crippen LogP contribution in [0.4, 0.5) is 11.6 Å². The van der Waals surface area contributed by atoms with Crippen molar-refractivity contribution in [2.45, 2.75) is 40.0 Å². The molecule has 1 saturated heterocycles. The van der Waals surface area contributed by atoms with Crippen LogP contribution in [0, 0.1) is 19.8 Å². The molecule has 1 aliphatic heterocycles. The minimum Gasteiger partial charge on any atom is -0.342 e. The monoisotopic (exact) mass is 500 g/mol. The first-order valence-electron chi connectivity index (χ1n) is 12.2. The molecule has 0 bridgehead atoms. The molecule has 0 amide bonds. The van der Waals surface area contributed by atoms with Crippen LogP contribution in [0.3, 0.4) is 0 Å². The highest BCUT2D eigenvalue weighted by atomic mass is 32.1. The summed E-state index contributed by atoms with van der Waals surface area (Å²) in [5.41, 5.74) is 4.59. The summed E-state index contributed by atoms with van der Waals surface area (Å²) in [6, 6.07) is 19.8. The Labute approximate surface area is 218 Å². The van der Waals surface area contributed by atoms with Crippen molar-refractivity contribution >= 4 is 40.7 Å². The molecule has 2 aromatic carbocycles. The van der Waals surface area contributed by atoms with Gasteiger partial charge in [-0.3, -0.25) is 10.1 Å². The lowest BCUT2D eigenvalue weighted by atomic mass is 9.90. The Balaban J connectivity index is 1.48. The maximum atomic E-state index is 11.6. The molecule has 2 heterocycles. The summed E-state index contributed by atoms with van der Waals surface area (Å²) in [7, 11) is 0. The number of likely N-dealkylation sites (tertiary alicyclic amines) is 1. The molecule has 0 unspecified atom stereocenters. The number of aryl methyl sites for hydroxylation is 2. The van der Waals surface area contributed by atoms with Crippen molar-refractivity contribution in [1.29, 1.82) is 0 Å². The fourth-order valence-electron chi connectivity index (χ4n) is 4.39. The van der Waals surface area contributed by atoms with E-state index < -0.39 is 0 Å². The number of benzene rings is 2. The van der Waals surface area contributed by atoms with Crippen molar-refractivity contribution in [3.05, 3.63) is 83.2 Å². The number of rotatable bonds is 5. The maximum absolute atomic E-state index is 11.6. The molecule has 1 aromatic heterocycles. The number of piperidine rings is 1. The van der Waals surface area contributed by atoms with Crippen LogP contribution in [0.25, 0.3) is 0 Å². The molecule has 8 heteroatoms. The molecule has 36 heavy (non-hydrogen) atoms. The van der Waals surface area contributed by atoms with Gasteiger partial charge >= 0.3 is 0 Å². The SMILES string of the molecule is CC(=O)c1ccc(NC(=S)/N=C(/Nc2nc(C)cc(C)n2)N2CCC(Cc3ccccc3)CC2)cc1. The van der Waals surface area contributed by atoms with Crippen molar-refractivity contribution in [1.82, 2.24) is 14.9 Å². The molecular formula is C28H32N6OS. The van der Waals surface area contributed by atoms with E-state index in [1.807, 2.05) is 32.0 Å². The maximum Gasteiger partial charge on any atom is 0.229 e. The highest BCUT2D eigenvalue weighted by Gasteiger charge is 2.23. The van der Waals surface area contributed by atoms with Gasteiger partial charge in [-0.1, -0.05) is 30.3 Å². The normalized spacial score (nSPS) is 14.4. The number of guanidine groups is 1. The third kappa shape index (κ3) is 7.18. The van der Waals surface area contributed by atoms with Crippen LogP contribution in [0.1, 0.15) is 47.1 Å². The summed E-state index contributed by atoms with van der Waals surface area (Å²) < 4.78 is 0. The molecule has 0 spiro atoms. The average Bonchev–Trinajstić information content (AvgIpc) is 2.84. The Kier molecular flexibility index (Phi) is 8.38. The van der Waals surface area contributed by atoms with E-state index in [1.165, 1.54) is 5.56 Å². The van der Waals surface area contributed by atoms with Crippen LogP contribution in [0.2, 0.25) is 0 Å². The summed E-state index contributed by atoms with van der Waals surface area (Å²) in [5, 5.41) is 6.79. The van der Waals surface area contributed by atoms with E-state index >= 15 is 0 Å². The summed E-state index contributed by atoms with van der Waals surface area (Å²) in [6.45, 7) is 7.17. The van der Waals surface area contributed by atoms with Crippen LogP contribution in [-0.2, 0) is 6.42 Å². The number of anilines is 2. The van der Waals surface area contributed by atoms with Gasteiger partial charge in [0.2, 0.25) is 17.0 Å². The molecule has 1 fully saturated rings. The molecule has 3 aromatic rings. The Morgan fingerprint density at radius 3 is 2.25 bits per heavy atom. The molecule has 0 radical (unpaired) electrons. The first-order valence-corrected chi connectivity index (χ1v) is 12.7. The van der Waals surface area contributed by atoms with Gasteiger partial charge in [-0.05, 0) is 94.1 Å². The quantitative estimate of drug-likeness (QED) is 0.210. The number of thiocarbonyl (C=S) groups is 1. The number of Topliss-reactive ketones (excluding diaryl/α,β-unsaturated/α-hetero) is 1. The lowest BCUT2D eigenvalue weighted by Gasteiger charge is -2.34. The highest BCUT2D eigenvalue weighted by Crippen LogP contribution is 2.22. The summed E-state index contributed by atoms with van der Waals surface area (Å²) in [4.78, 5) is 27.6. The fourth-order valence-corrected chi connectivity index (χ4v) is 4.60. The van der Waals surface area contributed by atoms with Crippen LogP contribution in [0.15, 0.2) is 65.7 Å². The van der Waals surface area contributed by atoms with E-state index in [0.717, 1.165) is 49.4 Å². The van der Waals surface area contributed by atoms with Crippen LogP contribution in [-0.4, -0.2) is 44.8 Å². The van der Waals surface area contributed by atoms with Gasteiger partial charge in [0.15, 0.2) is 5.78 Å². The van der Waals surface area contributed by atoms with Crippen molar-refractivity contribution in [3.63, 3.8) is 0 Å². The van der Waals surface area contributed by atoms with Crippen molar-refractivity contribution in [3.8, 4) is 0 Å². The number of nitrogens with zero attached hydrogens (tertiary/aromatic N) is 4. The number of carbonyl (C=O) groups excluding carboxylic acids is 1. The van der Waals surface area contributed by atoms with Gasteiger partial charge in [0, 0.05) is 35.7 Å². The Bertz CT molecular complexity index is 1210. The minimum atomic E-state index is 0.0257. The molecular weight excluding hydrogens is 468 g/mol. The number of nitrogens with one attached hydrogen (secondary N) is 2. The van der Waals surface area contributed by atoms with Gasteiger partial charge in [0.05, 0.1) is 0 Å². The zero-order valence-corrected chi connectivity index (χ0v) is 21.8. The van der Waals surface area contributed by atoms with Crippen molar-refractivity contribution < 1.29 is 4.79 Å². The van der Waals surface area contributed by atoms with E-state index in [4.69, 9.17) is 17.2 Å². The number of hydrogen-bond donors (Lipinski definition) is 2. The Morgan fingerprint density at radius 2 is 1.64 bits per heavy atom. The van der Waals surface area contributed by atoms with Gasteiger partial charge in [-0.2, -0.15) is 4.99 Å². The number of aromatic nitrogens is 2. The number of hydrogen-bond acceptors (Lipinski definition) is 4. The van der Waals surface area contributed by atoms with E-state index in [9.17, 15) is 4.79 Å².